The number of hydrogen-bond donors (Lipinski definition) is 0. The Labute approximate surface area is 126 Å². The van der Waals surface area contributed by atoms with Gasteiger partial charge in [0.05, 0.1) is 7.11 Å². The number of likely N-dealkylation sites (tertiary alicyclic amines) is 1. The first-order valence-electron chi connectivity index (χ1n) is 7.24. The molecule has 1 aromatic carbocycles. The normalized spacial score (nSPS) is 18.4. The van der Waals surface area contributed by atoms with E-state index in [9.17, 15) is 4.57 Å². The summed E-state index contributed by atoms with van der Waals surface area (Å²) in [4.78, 5) is 2.20. The van der Waals surface area contributed by atoms with Crippen LogP contribution in [0.1, 0.15) is 30.6 Å². The minimum Gasteiger partial charge on any atom is -0.497 e. The number of benzene rings is 1. The molecule has 0 amide bonds. The van der Waals surface area contributed by atoms with Crippen molar-refractivity contribution < 1.29 is 18.3 Å². The molecule has 118 valence electrons. The molecule has 0 aromatic heterocycles. The second-order valence-electron chi connectivity index (χ2n) is 5.15. The fourth-order valence-electron chi connectivity index (χ4n) is 2.83. The zero-order chi connectivity index (χ0) is 15.3. The van der Waals surface area contributed by atoms with Gasteiger partial charge in [-0.15, -0.1) is 0 Å². The summed E-state index contributed by atoms with van der Waals surface area (Å²) in [5, 5.41) is 0. The molecular weight excluding hydrogens is 289 g/mol. The predicted molar refractivity (Wildman–Crippen MR) is 82.8 cm³/mol. The van der Waals surface area contributed by atoms with Crippen LogP contribution in [0.15, 0.2) is 24.3 Å². The molecule has 1 aromatic rings. The second-order valence-corrected chi connectivity index (χ2v) is 7.45. The second kappa shape index (κ2) is 7.41. The average Bonchev–Trinajstić information content (AvgIpc) is 2.56. The van der Waals surface area contributed by atoms with E-state index in [0.29, 0.717) is 0 Å². The van der Waals surface area contributed by atoms with Gasteiger partial charge in [0.2, 0.25) is 0 Å². The topological polar surface area (TPSA) is 48.0 Å². The number of piperidine rings is 1. The van der Waals surface area contributed by atoms with Gasteiger partial charge in [0, 0.05) is 14.2 Å². The molecule has 2 rings (SSSR count). The van der Waals surface area contributed by atoms with Crippen LogP contribution in [0.25, 0.3) is 0 Å². The quantitative estimate of drug-likeness (QED) is 0.750. The van der Waals surface area contributed by atoms with Crippen molar-refractivity contribution in [3.05, 3.63) is 29.8 Å². The van der Waals surface area contributed by atoms with Gasteiger partial charge in [-0.2, -0.15) is 0 Å². The molecule has 0 radical (unpaired) electrons. The van der Waals surface area contributed by atoms with Crippen molar-refractivity contribution in [2.24, 2.45) is 0 Å². The highest BCUT2D eigenvalue weighted by atomic mass is 31.2. The van der Waals surface area contributed by atoms with Crippen molar-refractivity contribution in [2.75, 3.05) is 34.4 Å². The number of ether oxygens (including phenoxy) is 1. The maximum Gasteiger partial charge on any atom is 0.351 e. The monoisotopic (exact) mass is 313 g/mol. The largest absolute Gasteiger partial charge is 0.497 e. The zero-order valence-corrected chi connectivity index (χ0v) is 13.8. The van der Waals surface area contributed by atoms with E-state index in [1.165, 1.54) is 20.6 Å². The molecule has 1 fully saturated rings. The summed E-state index contributed by atoms with van der Waals surface area (Å²) in [5.74, 6) is 0.358. The fraction of sp³-hybridized carbons (Fsp3) is 0.600. The van der Waals surface area contributed by atoms with Crippen LogP contribution in [-0.4, -0.2) is 39.3 Å². The zero-order valence-electron chi connectivity index (χ0n) is 12.9. The number of rotatable bonds is 6. The highest BCUT2D eigenvalue weighted by Crippen LogP contribution is 2.61. The standard InChI is InChI=1S/C15H24NO4P/c1-18-14-9-7-8-13(12-14)15(21(17,19-2)20-3)16-10-5-4-6-11-16/h7-9,12,15H,4-6,10-11H2,1-3H3. The summed E-state index contributed by atoms with van der Waals surface area (Å²) in [6.45, 7) is 1.80. The lowest BCUT2D eigenvalue weighted by molar-refractivity contribution is 0.165. The third-order valence-corrected chi connectivity index (χ3v) is 6.18. The Hall–Kier alpha value is -0.870. The van der Waals surface area contributed by atoms with Crippen molar-refractivity contribution in [1.29, 1.82) is 0 Å². The molecule has 0 spiro atoms. The van der Waals surface area contributed by atoms with E-state index in [-0.39, 0.29) is 5.78 Å². The molecule has 1 aliphatic rings. The highest BCUT2D eigenvalue weighted by molar-refractivity contribution is 7.54. The third kappa shape index (κ3) is 3.67. The van der Waals surface area contributed by atoms with Crippen LogP contribution >= 0.6 is 7.60 Å². The Bertz CT molecular complexity index is 494. The van der Waals surface area contributed by atoms with Gasteiger partial charge in [0.15, 0.2) is 0 Å². The van der Waals surface area contributed by atoms with E-state index in [1.54, 1.807) is 7.11 Å². The molecule has 0 N–H and O–H groups in total. The van der Waals surface area contributed by atoms with Crippen LogP contribution in [0.4, 0.5) is 0 Å². The van der Waals surface area contributed by atoms with E-state index >= 15 is 0 Å². The maximum absolute atomic E-state index is 13.0. The molecule has 6 heteroatoms. The molecule has 0 aliphatic carbocycles. The van der Waals surface area contributed by atoms with E-state index in [1.807, 2.05) is 24.3 Å². The summed E-state index contributed by atoms with van der Waals surface area (Å²) in [5.41, 5.74) is 0.906. The van der Waals surface area contributed by atoms with E-state index in [4.69, 9.17) is 13.8 Å². The molecule has 5 nitrogen and oxygen atoms in total. The van der Waals surface area contributed by atoms with Crippen LogP contribution < -0.4 is 4.74 Å². The van der Waals surface area contributed by atoms with Gasteiger partial charge in [-0.25, -0.2) is 0 Å². The van der Waals surface area contributed by atoms with E-state index in [0.717, 1.165) is 37.2 Å². The first-order valence-corrected chi connectivity index (χ1v) is 8.85. The first kappa shape index (κ1) is 16.5. The molecule has 1 atom stereocenters. The van der Waals surface area contributed by atoms with Crippen LogP contribution in [0.5, 0.6) is 5.75 Å². The molecule has 1 heterocycles. The Morgan fingerprint density at radius 1 is 1.10 bits per heavy atom. The molecule has 1 unspecified atom stereocenters. The summed E-state index contributed by atoms with van der Waals surface area (Å²) in [6, 6.07) is 7.64. The minimum absolute atomic E-state index is 0.386. The van der Waals surface area contributed by atoms with Crippen LogP contribution in [0.2, 0.25) is 0 Å². The Kier molecular flexibility index (Phi) is 5.82. The number of methoxy groups -OCH3 is 1. The first-order chi connectivity index (χ1) is 10.1. The predicted octanol–water partition coefficient (Wildman–Crippen LogP) is 3.67. The maximum atomic E-state index is 13.0. The molecule has 0 bridgehead atoms. The summed E-state index contributed by atoms with van der Waals surface area (Å²) < 4.78 is 28.9. The van der Waals surface area contributed by atoms with Gasteiger partial charge in [0.25, 0.3) is 0 Å². The summed E-state index contributed by atoms with van der Waals surface area (Å²) in [7, 11) is 1.28. The van der Waals surface area contributed by atoms with Gasteiger partial charge in [0.1, 0.15) is 11.5 Å². The molecule has 21 heavy (non-hydrogen) atoms. The minimum atomic E-state index is -3.24. The summed E-state index contributed by atoms with van der Waals surface area (Å²) in [6.07, 6.45) is 3.42. The molecule has 1 saturated heterocycles. The van der Waals surface area contributed by atoms with Gasteiger partial charge in [-0.05, 0) is 43.6 Å². The number of nitrogens with zero attached hydrogens (tertiary/aromatic N) is 1. The third-order valence-electron chi connectivity index (χ3n) is 3.94. The van der Waals surface area contributed by atoms with Gasteiger partial charge in [-0.1, -0.05) is 18.6 Å². The summed E-state index contributed by atoms with van der Waals surface area (Å²) >= 11 is 0. The lowest BCUT2D eigenvalue weighted by atomic mass is 10.1. The van der Waals surface area contributed by atoms with Crippen LogP contribution in [0, 0.1) is 0 Å². The Balaban J connectivity index is 2.41. The van der Waals surface area contributed by atoms with Crippen molar-refractivity contribution in [1.82, 2.24) is 4.90 Å². The van der Waals surface area contributed by atoms with Crippen LogP contribution in [0.3, 0.4) is 0 Å². The van der Waals surface area contributed by atoms with Crippen LogP contribution in [-0.2, 0) is 13.6 Å². The molecule has 0 saturated carbocycles. The van der Waals surface area contributed by atoms with Gasteiger partial charge >= 0.3 is 7.60 Å². The highest BCUT2D eigenvalue weighted by Gasteiger charge is 2.40. The van der Waals surface area contributed by atoms with Crippen molar-refractivity contribution in [2.45, 2.75) is 25.0 Å². The molecular formula is C15H24NO4P. The van der Waals surface area contributed by atoms with Gasteiger partial charge in [-0.3, -0.25) is 9.46 Å². The number of hydrogen-bond acceptors (Lipinski definition) is 5. The lowest BCUT2D eigenvalue weighted by Crippen LogP contribution is -2.34. The van der Waals surface area contributed by atoms with Crippen molar-refractivity contribution in [3.63, 3.8) is 0 Å². The SMILES string of the molecule is COc1cccc(C(N2CCCCC2)P(=O)(OC)OC)c1. The fourth-order valence-corrected chi connectivity index (χ4v) is 4.54. The lowest BCUT2D eigenvalue weighted by Gasteiger charge is -2.37. The smallest absolute Gasteiger partial charge is 0.351 e. The average molecular weight is 313 g/mol. The van der Waals surface area contributed by atoms with Crippen molar-refractivity contribution in [3.8, 4) is 5.75 Å². The van der Waals surface area contributed by atoms with Gasteiger partial charge < -0.3 is 13.8 Å². The Morgan fingerprint density at radius 2 is 1.76 bits per heavy atom. The van der Waals surface area contributed by atoms with E-state index in [2.05, 4.69) is 4.90 Å². The van der Waals surface area contributed by atoms with Crippen molar-refractivity contribution >= 4 is 7.60 Å². The Morgan fingerprint density at radius 3 is 2.33 bits per heavy atom. The van der Waals surface area contributed by atoms with E-state index < -0.39 is 7.60 Å². The molecule has 1 aliphatic heterocycles.